The van der Waals surface area contributed by atoms with Crippen LogP contribution in [0.5, 0.6) is 0 Å². The lowest BCUT2D eigenvalue weighted by molar-refractivity contribution is -0.137. The fourth-order valence-electron chi connectivity index (χ4n) is 3.00. The van der Waals surface area contributed by atoms with E-state index in [1.54, 1.807) is 12.2 Å². The van der Waals surface area contributed by atoms with Crippen molar-refractivity contribution in [2.45, 2.75) is 64.1 Å². The van der Waals surface area contributed by atoms with E-state index in [0.717, 1.165) is 6.42 Å². The molecule has 0 spiro atoms. The number of ketones is 1. The maximum atomic E-state index is 12.1. The van der Waals surface area contributed by atoms with Crippen LogP contribution in [0, 0.1) is 11.8 Å². The van der Waals surface area contributed by atoms with Crippen molar-refractivity contribution >= 4 is 11.8 Å². The number of carbonyl (C=O) groups excluding carboxylic acids is 1. The van der Waals surface area contributed by atoms with Gasteiger partial charge in [0.2, 0.25) is 0 Å². The molecule has 0 unspecified atom stereocenters. The number of carboxylic acids is 1. The summed E-state index contributed by atoms with van der Waals surface area (Å²) >= 11 is 0. The summed E-state index contributed by atoms with van der Waals surface area (Å²) < 4.78 is 0. The zero-order chi connectivity index (χ0) is 18.7. The molecule has 0 aromatic carbocycles. The van der Waals surface area contributed by atoms with Crippen molar-refractivity contribution in [3.05, 3.63) is 36.5 Å². The first kappa shape index (κ1) is 21.3. The molecular formula is C20H30O5. The molecule has 25 heavy (non-hydrogen) atoms. The molecule has 1 aliphatic rings. The third-order valence-electron chi connectivity index (χ3n) is 4.39. The van der Waals surface area contributed by atoms with E-state index < -0.39 is 18.2 Å². The van der Waals surface area contributed by atoms with Gasteiger partial charge in [-0.2, -0.15) is 0 Å². The van der Waals surface area contributed by atoms with Crippen molar-refractivity contribution in [3.8, 4) is 0 Å². The zero-order valence-corrected chi connectivity index (χ0v) is 14.9. The molecule has 140 valence electrons. The van der Waals surface area contributed by atoms with Crippen LogP contribution in [0.2, 0.25) is 0 Å². The smallest absolute Gasteiger partial charge is 0.303 e. The van der Waals surface area contributed by atoms with Crippen molar-refractivity contribution in [2.75, 3.05) is 0 Å². The van der Waals surface area contributed by atoms with Gasteiger partial charge in [-0.05, 0) is 32.1 Å². The summed E-state index contributed by atoms with van der Waals surface area (Å²) in [6.07, 6.45) is 13.4. The molecule has 0 saturated heterocycles. The van der Waals surface area contributed by atoms with E-state index >= 15 is 0 Å². The lowest BCUT2D eigenvalue weighted by atomic mass is 9.90. The van der Waals surface area contributed by atoms with E-state index in [4.69, 9.17) is 5.11 Å². The predicted octanol–water partition coefficient (Wildman–Crippen LogP) is 3.03. The van der Waals surface area contributed by atoms with E-state index in [0.29, 0.717) is 25.7 Å². The molecule has 0 amide bonds. The summed E-state index contributed by atoms with van der Waals surface area (Å²) in [5.41, 5.74) is 0. The van der Waals surface area contributed by atoms with Crippen LogP contribution < -0.4 is 0 Å². The summed E-state index contributed by atoms with van der Waals surface area (Å²) in [7, 11) is 0. The average molecular weight is 350 g/mol. The van der Waals surface area contributed by atoms with Crippen molar-refractivity contribution in [2.24, 2.45) is 11.8 Å². The lowest BCUT2D eigenvalue weighted by Gasteiger charge is -2.17. The minimum Gasteiger partial charge on any atom is -0.481 e. The quantitative estimate of drug-likeness (QED) is 0.393. The van der Waals surface area contributed by atoms with Gasteiger partial charge < -0.3 is 15.3 Å². The molecule has 0 aromatic heterocycles. The fraction of sp³-hybridized carbons (Fsp3) is 0.600. The van der Waals surface area contributed by atoms with Gasteiger partial charge in [-0.25, -0.2) is 0 Å². The number of carbonyl (C=O) groups is 2. The first-order chi connectivity index (χ1) is 12.0. The Kier molecular flexibility index (Phi) is 10.0. The van der Waals surface area contributed by atoms with Gasteiger partial charge in [-0.1, -0.05) is 43.4 Å². The number of aliphatic hydroxyl groups excluding tert-OH is 2. The van der Waals surface area contributed by atoms with Crippen molar-refractivity contribution in [3.63, 3.8) is 0 Å². The van der Waals surface area contributed by atoms with Crippen molar-refractivity contribution in [1.29, 1.82) is 0 Å². The second kappa shape index (κ2) is 11.8. The van der Waals surface area contributed by atoms with Crippen LogP contribution in [-0.2, 0) is 9.59 Å². The molecule has 1 rings (SSSR count). The molecule has 0 aliphatic heterocycles. The summed E-state index contributed by atoms with van der Waals surface area (Å²) in [5, 5.41) is 28.6. The highest BCUT2D eigenvalue weighted by molar-refractivity contribution is 5.86. The van der Waals surface area contributed by atoms with Gasteiger partial charge in [0.1, 0.15) is 5.78 Å². The monoisotopic (exact) mass is 350 g/mol. The molecule has 0 radical (unpaired) electrons. The van der Waals surface area contributed by atoms with E-state index in [1.807, 2.05) is 31.2 Å². The molecule has 1 aliphatic carbocycles. The largest absolute Gasteiger partial charge is 0.481 e. The van der Waals surface area contributed by atoms with Gasteiger partial charge in [0.05, 0.1) is 12.2 Å². The Balaban J connectivity index is 2.52. The third kappa shape index (κ3) is 8.27. The Bertz CT molecular complexity index is 506. The van der Waals surface area contributed by atoms with Crippen LogP contribution in [0.15, 0.2) is 36.5 Å². The summed E-state index contributed by atoms with van der Waals surface area (Å²) in [6, 6.07) is 0. The number of allylic oxidation sites excluding steroid dienone is 4. The molecule has 0 aromatic rings. The van der Waals surface area contributed by atoms with Crippen LogP contribution >= 0.6 is 0 Å². The SMILES string of the molecule is CC/C=C/C[C@H](O)/C=C\[C@H]1C(=O)C[C@H](O)[C@@H]1C/C=C/CCCC(=O)O. The van der Waals surface area contributed by atoms with Gasteiger partial charge >= 0.3 is 5.97 Å². The number of carboxylic acid groups (broad SMARTS) is 1. The molecular weight excluding hydrogens is 320 g/mol. The van der Waals surface area contributed by atoms with Gasteiger partial charge in [0.15, 0.2) is 0 Å². The molecule has 0 heterocycles. The number of aliphatic carboxylic acids is 1. The standard InChI is InChI=1S/C20H30O5/c1-2-3-6-9-15(21)12-13-17-16(18(22)14-19(17)23)10-7-4-5-8-11-20(24)25/h3-4,6-7,12-13,15-18,21-22H,2,5,8-11,14H2,1H3,(H,24,25)/b6-3+,7-4+,13-12-/t15-,16+,17+,18-/m0/s1. The Morgan fingerprint density at radius 2 is 2.04 bits per heavy atom. The predicted molar refractivity (Wildman–Crippen MR) is 97.0 cm³/mol. The maximum Gasteiger partial charge on any atom is 0.303 e. The fourth-order valence-corrected chi connectivity index (χ4v) is 3.00. The molecule has 1 saturated carbocycles. The third-order valence-corrected chi connectivity index (χ3v) is 4.39. The average Bonchev–Trinajstić information content (AvgIpc) is 2.82. The Labute approximate surface area is 149 Å². The van der Waals surface area contributed by atoms with Gasteiger partial charge in [-0.3, -0.25) is 9.59 Å². The normalized spacial score (nSPS) is 25.6. The minimum absolute atomic E-state index is 0.00401. The van der Waals surface area contributed by atoms with Crippen molar-refractivity contribution < 1.29 is 24.9 Å². The molecule has 4 atom stereocenters. The van der Waals surface area contributed by atoms with Crippen molar-refractivity contribution in [1.82, 2.24) is 0 Å². The highest BCUT2D eigenvalue weighted by atomic mass is 16.4. The molecule has 5 nitrogen and oxygen atoms in total. The van der Waals surface area contributed by atoms with E-state index in [2.05, 4.69) is 0 Å². The van der Waals surface area contributed by atoms with E-state index in [-0.39, 0.29) is 30.5 Å². The summed E-state index contributed by atoms with van der Waals surface area (Å²) in [4.78, 5) is 22.5. The zero-order valence-electron chi connectivity index (χ0n) is 14.9. The highest BCUT2D eigenvalue weighted by Crippen LogP contribution is 2.33. The highest BCUT2D eigenvalue weighted by Gasteiger charge is 2.39. The second-order valence-corrected chi connectivity index (χ2v) is 6.49. The first-order valence-corrected chi connectivity index (χ1v) is 9.04. The van der Waals surface area contributed by atoms with Crippen LogP contribution in [0.1, 0.15) is 51.9 Å². The molecule has 5 heteroatoms. The molecule has 0 bridgehead atoms. The summed E-state index contributed by atoms with van der Waals surface area (Å²) in [6.45, 7) is 2.02. The second-order valence-electron chi connectivity index (χ2n) is 6.49. The number of unbranched alkanes of at least 4 members (excludes halogenated alkanes) is 1. The van der Waals surface area contributed by atoms with E-state index in [9.17, 15) is 19.8 Å². The minimum atomic E-state index is -0.803. The lowest BCUT2D eigenvalue weighted by Crippen LogP contribution is -2.19. The van der Waals surface area contributed by atoms with Gasteiger partial charge in [0.25, 0.3) is 0 Å². The number of rotatable bonds is 11. The number of aliphatic hydroxyl groups is 2. The van der Waals surface area contributed by atoms with Gasteiger partial charge in [-0.15, -0.1) is 0 Å². The van der Waals surface area contributed by atoms with Crippen LogP contribution in [0.3, 0.4) is 0 Å². The molecule has 3 N–H and O–H groups in total. The Morgan fingerprint density at radius 3 is 2.72 bits per heavy atom. The van der Waals surface area contributed by atoms with E-state index in [1.165, 1.54) is 0 Å². The van der Waals surface area contributed by atoms with Crippen LogP contribution in [0.25, 0.3) is 0 Å². The summed E-state index contributed by atoms with van der Waals surface area (Å²) in [5.74, 6) is -1.35. The van der Waals surface area contributed by atoms with Crippen LogP contribution in [-0.4, -0.2) is 39.3 Å². The Morgan fingerprint density at radius 1 is 1.28 bits per heavy atom. The Hall–Kier alpha value is -1.72. The number of hydrogen-bond donors (Lipinski definition) is 3. The van der Waals surface area contributed by atoms with Crippen LogP contribution in [0.4, 0.5) is 0 Å². The first-order valence-electron chi connectivity index (χ1n) is 9.04. The topological polar surface area (TPSA) is 94.8 Å². The maximum absolute atomic E-state index is 12.1. The molecule has 1 fully saturated rings. The number of Topliss-reactive ketones (excluding diaryl/α,β-unsaturated/α-hetero) is 1. The van der Waals surface area contributed by atoms with Gasteiger partial charge in [0, 0.05) is 24.7 Å². The number of hydrogen-bond acceptors (Lipinski definition) is 4.